The van der Waals surface area contributed by atoms with Gasteiger partial charge in [-0.3, -0.25) is 23.9 Å². The molecule has 2 saturated heterocycles. The number of rotatable bonds is 10. The SMILES string of the molecule is O=C(Cc1ccccc1S(=O)(=O)O)N[C@@H]1C(=O)N2C(C(=O)O)=C(/C=N/OCCN3CCOCC3)CS[C@H]12.[NaH]. The molecule has 3 aliphatic rings. The molecule has 2 fully saturated rings. The summed E-state index contributed by atoms with van der Waals surface area (Å²) in [5.41, 5.74) is 0.150. The molecule has 0 saturated carbocycles. The van der Waals surface area contributed by atoms with Gasteiger partial charge in [0, 0.05) is 31.0 Å². The number of thioether (sulfide) groups is 1. The average Bonchev–Trinajstić information content (AvgIpc) is 2.86. The summed E-state index contributed by atoms with van der Waals surface area (Å²) in [6.07, 6.45) is 0.899. The zero-order valence-corrected chi connectivity index (χ0v) is 21.2. The summed E-state index contributed by atoms with van der Waals surface area (Å²) in [5.74, 6) is -2.33. The molecule has 0 bridgehead atoms. The molecule has 38 heavy (non-hydrogen) atoms. The molecule has 1 aromatic rings. The molecule has 0 aliphatic carbocycles. The Kier molecular flexibility index (Phi) is 10.8. The van der Waals surface area contributed by atoms with Crippen LogP contribution in [-0.4, -0.2) is 138 Å². The van der Waals surface area contributed by atoms with Gasteiger partial charge in [0.15, 0.2) is 0 Å². The van der Waals surface area contributed by atoms with Crippen LogP contribution >= 0.6 is 11.8 Å². The van der Waals surface area contributed by atoms with Crippen LogP contribution in [0.1, 0.15) is 5.56 Å². The third-order valence-electron chi connectivity index (χ3n) is 6.00. The fourth-order valence-corrected chi connectivity index (χ4v) is 6.21. The van der Waals surface area contributed by atoms with Crippen molar-refractivity contribution in [1.82, 2.24) is 15.1 Å². The molecule has 2 atom stereocenters. The van der Waals surface area contributed by atoms with Crippen LogP contribution in [0.3, 0.4) is 0 Å². The number of morpholine rings is 1. The normalized spacial score (nSPS) is 21.9. The van der Waals surface area contributed by atoms with Crippen molar-refractivity contribution in [3.8, 4) is 0 Å². The Morgan fingerprint density at radius 2 is 1.97 bits per heavy atom. The van der Waals surface area contributed by atoms with Crippen molar-refractivity contribution in [2.75, 3.05) is 45.2 Å². The van der Waals surface area contributed by atoms with E-state index < -0.39 is 50.6 Å². The standard InChI is InChI=1S/C22H26N4O9S2.Na.H/c27-17(11-14-3-1-2-4-16(14)37(31,32)33)24-18-20(28)26-19(22(29)30)15(13-36-21(18)26)12-23-35-10-7-25-5-8-34-9-6-25;;/h1-4,12,18,21H,5-11,13H2,(H,24,27)(H,29,30)(H,31,32,33);;/b23-12+;;/t18-,21-;;/m1../s1. The van der Waals surface area contributed by atoms with E-state index in [0.29, 0.717) is 31.9 Å². The third kappa shape index (κ3) is 7.15. The number of hydrogen-bond acceptors (Lipinski definition) is 10. The summed E-state index contributed by atoms with van der Waals surface area (Å²) in [4.78, 5) is 45.4. The Morgan fingerprint density at radius 1 is 1.26 bits per heavy atom. The van der Waals surface area contributed by atoms with Crippen LogP contribution in [0.5, 0.6) is 0 Å². The summed E-state index contributed by atoms with van der Waals surface area (Å²) in [5, 5.41) is 15.5. The monoisotopic (exact) mass is 578 g/mol. The first-order chi connectivity index (χ1) is 17.7. The summed E-state index contributed by atoms with van der Waals surface area (Å²) >= 11 is 1.26. The summed E-state index contributed by atoms with van der Waals surface area (Å²) < 4.78 is 37.8. The van der Waals surface area contributed by atoms with Gasteiger partial charge in [0.1, 0.15) is 23.7 Å². The van der Waals surface area contributed by atoms with Gasteiger partial charge in [-0.05, 0) is 11.6 Å². The fourth-order valence-electron chi connectivity index (χ4n) is 4.19. The van der Waals surface area contributed by atoms with Gasteiger partial charge in [-0.15, -0.1) is 11.8 Å². The minimum atomic E-state index is -4.53. The van der Waals surface area contributed by atoms with Gasteiger partial charge in [-0.2, -0.15) is 8.42 Å². The summed E-state index contributed by atoms with van der Waals surface area (Å²) in [7, 11) is -4.53. The molecular formula is C22H27N4NaO9S2. The molecule has 4 rings (SSSR count). The van der Waals surface area contributed by atoms with Crippen molar-refractivity contribution in [1.29, 1.82) is 0 Å². The van der Waals surface area contributed by atoms with Gasteiger partial charge in [-0.25, -0.2) is 4.79 Å². The van der Waals surface area contributed by atoms with Crippen LogP contribution in [-0.2, 0) is 40.5 Å². The van der Waals surface area contributed by atoms with E-state index in [1.54, 1.807) is 0 Å². The number of ether oxygens (including phenoxy) is 1. The van der Waals surface area contributed by atoms with Crippen LogP contribution < -0.4 is 5.32 Å². The van der Waals surface area contributed by atoms with Gasteiger partial charge in [0.25, 0.3) is 16.0 Å². The second-order valence-corrected chi connectivity index (χ2v) is 10.9. The molecule has 0 aromatic heterocycles. The van der Waals surface area contributed by atoms with E-state index in [-0.39, 0.29) is 46.6 Å². The number of hydrogen-bond donors (Lipinski definition) is 3. The van der Waals surface area contributed by atoms with Crippen molar-refractivity contribution in [2.45, 2.75) is 22.7 Å². The van der Waals surface area contributed by atoms with E-state index in [0.717, 1.165) is 18.0 Å². The van der Waals surface area contributed by atoms with Crippen molar-refractivity contribution in [3.63, 3.8) is 0 Å². The van der Waals surface area contributed by atoms with Crippen LogP contribution in [0, 0.1) is 0 Å². The van der Waals surface area contributed by atoms with Crippen molar-refractivity contribution < 1.29 is 42.0 Å². The van der Waals surface area contributed by atoms with Gasteiger partial charge in [0.2, 0.25) is 5.91 Å². The van der Waals surface area contributed by atoms with Crippen LogP contribution in [0.4, 0.5) is 0 Å². The second kappa shape index (κ2) is 13.4. The Balaban J connectivity index is 0.00000400. The first-order valence-corrected chi connectivity index (χ1v) is 13.9. The van der Waals surface area contributed by atoms with Crippen molar-refractivity contribution >= 4 is 75.4 Å². The maximum absolute atomic E-state index is 12.8. The number of carbonyl (C=O) groups excluding carboxylic acids is 2. The molecule has 3 heterocycles. The third-order valence-corrected chi connectivity index (χ3v) is 8.26. The molecule has 0 spiro atoms. The van der Waals surface area contributed by atoms with Gasteiger partial charge in [0.05, 0.1) is 30.7 Å². The van der Waals surface area contributed by atoms with Crippen molar-refractivity contribution in [3.05, 3.63) is 41.1 Å². The number of nitrogens with zero attached hydrogens (tertiary/aromatic N) is 3. The summed E-state index contributed by atoms with van der Waals surface area (Å²) in [6.45, 7) is 3.92. The maximum atomic E-state index is 12.8. The van der Waals surface area contributed by atoms with E-state index in [9.17, 15) is 32.5 Å². The quantitative estimate of drug-likeness (QED) is 0.0768. The number of carboxylic acid groups (broad SMARTS) is 1. The number of oxime groups is 1. The molecule has 202 valence electrons. The number of β-lactam (4-membered cyclic amide) rings is 1. The van der Waals surface area contributed by atoms with E-state index in [1.807, 2.05) is 0 Å². The zero-order valence-electron chi connectivity index (χ0n) is 19.6. The molecule has 16 heteroatoms. The number of carboxylic acids is 1. The van der Waals surface area contributed by atoms with Crippen LogP contribution in [0.25, 0.3) is 0 Å². The van der Waals surface area contributed by atoms with Crippen molar-refractivity contribution in [2.24, 2.45) is 5.16 Å². The average molecular weight is 579 g/mol. The first-order valence-electron chi connectivity index (χ1n) is 11.4. The molecule has 2 amide bonds. The summed E-state index contributed by atoms with van der Waals surface area (Å²) in [6, 6.07) is 4.50. The molecule has 13 nitrogen and oxygen atoms in total. The van der Waals surface area contributed by atoms with E-state index in [1.165, 1.54) is 42.2 Å². The van der Waals surface area contributed by atoms with E-state index in [2.05, 4.69) is 15.4 Å². The topological polar surface area (TPSA) is 175 Å². The van der Waals surface area contributed by atoms with Gasteiger partial charge >= 0.3 is 35.5 Å². The Morgan fingerprint density at radius 3 is 2.66 bits per heavy atom. The van der Waals surface area contributed by atoms with E-state index in [4.69, 9.17) is 9.57 Å². The number of carbonyl (C=O) groups is 3. The number of nitrogens with one attached hydrogen (secondary N) is 1. The molecule has 3 aliphatic heterocycles. The number of amides is 2. The Bertz CT molecular complexity index is 1230. The molecule has 1 aromatic carbocycles. The predicted octanol–water partition coefficient (Wildman–Crippen LogP) is -1.10. The minimum absolute atomic E-state index is 0. The van der Waals surface area contributed by atoms with Gasteiger partial charge < -0.3 is 20.0 Å². The second-order valence-electron chi connectivity index (χ2n) is 8.42. The molecule has 3 N–H and O–H groups in total. The number of aliphatic carboxylic acids is 1. The van der Waals surface area contributed by atoms with Crippen LogP contribution in [0.15, 0.2) is 45.6 Å². The van der Waals surface area contributed by atoms with Gasteiger partial charge in [-0.1, -0.05) is 23.4 Å². The Hall–Kier alpha value is -1.98. The number of fused-ring (bicyclic) bond motifs is 1. The molecule has 0 radical (unpaired) electrons. The molecule has 0 unspecified atom stereocenters. The zero-order chi connectivity index (χ0) is 26.6. The Labute approximate surface area is 245 Å². The fraction of sp³-hybridized carbons (Fsp3) is 0.455. The predicted molar refractivity (Wildman–Crippen MR) is 138 cm³/mol. The first kappa shape index (κ1) is 30.6. The van der Waals surface area contributed by atoms with Crippen LogP contribution in [0.2, 0.25) is 0 Å². The molecular weight excluding hydrogens is 551 g/mol. The number of benzene rings is 1. The van der Waals surface area contributed by atoms with E-state index >= 15 is 0 Å².